The lowest BCUT2D eigenvalue weighted by atomic mass is 9.86. The number of benzene rings is 1. The van der Waals surface area contributed by atoms with Crippen molar-refractivity contribution < 1.29 is 0 Å². The third-order valence-electron chi connectivity index (χ3n) is 5.53. The summed E-state index contributed by atoms with van der Waals surface area (Å²) in [5.41, 5.74) is 4.58. The van der Waals surface area contributed by atoms with Crippen molar-refractivity contribution in [2.45, 2.75) is 64.8 Å². The van der Waals surface area contributed by atoms with Crippen molar-refractivity contribution in [3.63, 3.8) is 0 Å². The molecule has 0 bridgehead atoms. The lowest BCUT2D eigenvalue weighted by Gasteiger charge is -2.38. The molecule has 122 valence electrons. The normalized spacial score (nSPS) is 21.5. The Morgan fingerprint density at radius 1 is 0.955 bits per heavy atom. The van der Waals surface area contributed by atoms with Crippen LogP contribution < -0.4 is 4.90 Å². The van der Waals surface area contributed by atoms with Gasteiger partial charge in [0.05, 0.1) is 0 Å². The molecular weight excluding hydrogens is 268 g/mol. The molecule has 2 saturated heterocycles. The Balaban J connectivity index is 1.66. The summed E-state index contributed by atoms with van der Waals surface area (Å²) < 4.78 is 0. The highest BCUT2D eigenvalue weighted by Crippen LogP contribution is 2.30. The van der Waals surface area contributed by atoms with Crippen molar-refractivity contribution >= 4 is 5.69 Å². The first kappa shape index (κ1) is 15.9. The fourth-order valence-electron chi connectivity index (χ4n) is 4.06. The van der Waals surface area contributed by atoms with E-state index in [2.05, 4.69) is 55.7 Å². The average Bonchev–Trinajstić information content (AvgIpc) is 3.01. The summed E-state index contributed by atoms with van der Waals surface area (Å²) in [6.45, 7) is 14.3. The molecule has 1 aromatic carbocycles. The van der Waals surface area contributed by atoms with Crippen LogP contribution in [0.25, 0.3) is 0 Å². The predicted molar refractivity (Wildman–Crippen MR) is 95.9 cm³/mol. The molecule has 0 saturated carbocycles. The van der Waals surface area contributed by atoms with Crippen molar-refractivity contribution in [2.75, 3.05) is 31.1 Å². The maximum absolute atomic E-state index is 2.73. The maximum atomic E-state index is 2.73. The number of aryl methyl sites for hydroxylation is 1. The molecule has 0 atom stereocenters. The Hall–Kier alpha value is -1.02. The van der Waals surface area contributed by atoms with Gasteiger partial charge in [-0.05, 0) is 68.3 Å². The van der Waals surface area contributed by atoms with Crippen LogP contribution in [0.3, 0.4) is 0 Å². The number of likely N-dealkylation sites (tertiary alicyclic amines) is 1. The van der Waals surface area contributed by atoms with Gasteiger partial charge in [0.25, 0.3) is 0 Å². The van der Waals surface area contributed by atoms with E-state index >= 15 is 0 Å². The number of hydrogen-bond acceptors (Lipinski definition) is 2. The molecule has 0 N–H and O–H groups in total. The highest BCUT2D eigenvalue weighted by atomic mass is 15.2. The monoisotopic (exact) mass is 300 g/mol. The number of piperidine rings is 1. The van der Waals surface area contributed by atoms with E-state index in [4.69, 9.17) is 0 Å². The average molecular weight is 300 g/mol. The number of nitrogens with zero attached hydrogens (tertiary/aromatic N) is 2. The van der Waals surface area contributed by atoms with Gasteiger partial charge in [-0.1, -0.05) is 32.9 Å². The zero-order chi connectivity index (χ0) is 15.7. The largest absolute Gasteiger partial charge is 0.371 e. The van der Waals surface area contributed by atoms with Gasteiger partial charge in [-0.25, -0.2) is 0 Å². The second kappa shape index (κ2) is 6.23. The fraction of sp³-hybridized carbons (Fsp3) is 0.700. The molecular formula is C20H32N2. The van der Waals surface area contributed by atoms with E-state index in [0.717, 1.165) is 6.04 Å². The molecule has 2 nitrogen and oxygen atoms in total. The van der Waals surface area contributed by atoms with Gasteiger partial charge < -0.3 is 9.80 Å². The Morgan fingerprint density at radius 2 is 1.59 bits per heavy atom. The Labute approximate surface area is 136 Å². The summed E-state index contributed by atoms with van der Waals surface area (Å²) in [7, 11) is 0. The van der Waals surface area contributed by atoms with Crippen molar-refractivity contribution in [2.24, 2.45) is 0 Å². The summed E-state index contributed by atoms with van der Waals surface area (Å²) in [5.74, 6) is 0. The lowest BCUT2D eigenvalue weighted by Crippen LogP contribution is -2.44. The van der Waals surface area contributed by atoms with Crippen LogP contribution in [-0.4, -0.2) is 37.1 Å². The molecule has 2 aliphatic rings. The minimum Gasteiger partial charge on any atom is -0.371 e. The van der Waals surface area contributed by atoms with Crippen LogP contribution >= 0.6 is 0 Å². The van der Waals surface area contributed by atoms with Crippen molar-refractivity contribution in [3.8, 4) is 0 Å². The second-order valence-corrected chi connectivity index (χ2v) is 8.21. The van der Waals surface area contributed by atoms with Gasteiger partial charge in [0.15, 0.2) is 0 Å². The highest BCUT2D eigenvalue weighted by molar-refractivity contribution is 5.55. The molecule has 0 aromatic heterocycles. The van der Waals surface area contributed by atoms with Crippen LogP contribution in [0.1, 0.15) is 57.6 Å². The summed E-state index contributed by atoms with van der Waals surface area (Å²) in [4.78, 5) is 5.33. The zero-order valence-corrected chi connectivity index (χ0v) is 14.9. The molecule has 2 heterocycles. The topological polar surface area (TPSA) is 6.48 Å². The first-order chi connectivity index (χ1) is 10.4. The third-order valence-corrected chi connectivity index (χ3v) is 5.53. The minimum atomic E-state index is 0.242. The fourth-order valence-corrected chi connectivity index (χ4v) is 4.06. The van der Waals surface area contributed by atoms with Crippen molar-refractivity contribution in [1.82, 2.24) is 4.90 Å². The molecule has 22 heavy (non-hydrogen) atoms. The number of anilines is 1. The van der Waals surface area contributed by atoms with E-state index in [1.54, 1.807) is 0 Å². The van der Waals surface area contributed by atoms with Crippen molar-refractivity contribution in [3.05, 3.63) is 29.3 Å². The van der Waals surface area contributed by atoms with Crippen LogP contribution in [0.4, 0.5) is 5.69 Å². The van der Waals surface area contributed by atoms with Crippen molar-refractivity contribution in [1.29, 1.82) is 0 Å². The van der Waals surface area contributed by atoms with E-state index in [1.165, 1.54) is 68.7 Å². The van der Waals surface area contributed by atoms with Gasteiger partial charge >= 0.3 is 0 Å². The molecule has 3 rings (SSSR count). The summed E-state index contributed by atoms with van der Waals surface area (Å²) in [6.07, 6.45) is 5.49. The molecule has 0 amide bonds. The first-order valence-electron chi connectivity index (χ1n) is 9.05. The maximum Gasteiger partial charge on any atom is 0.0396 e. The third kappa shape index (κ3) is 3.32. The minimum absolute atomic E-state index is 0.242. The second-order valence-electron chi connectivity index (χ2n) is 8.21. The van der Waals surface area contributed by atoms with Gasteiger partial charge in [-0.15, -0.1) is 0 Å². The van der Waals surface area contributed by atoms with E-state index in [0.29, 0.717) is 0 Å². The van der Waals surface area contributed by atoms with Gasteiger partial charge in [0, 0.05) is 24.8 Å². The van der Waals surface area contributed by atoms with Crippen LogP contribution in [0.5, 0.6) is 0 Å². The van der Waals surface area contributed by atoms with Gasteiger partial charge in [-0.2, -0.15) is 0 Å². The highest BCUT2D eigenvalue weighted by Gasteiger charge is 2.27. The van der Waals surface area contributed by atoms with Crippen LogP contribution in [0.15, 0.2) is 18.2 Å². The quantitative estimate of drug-likeness (QED) is 0.801. The first-order valence-corrected chi connectivity index (χ1v) is 9.05. The van der Waals surface area contributed by atoms with Gasteiger partial charge in [0.2, 0.25) is 0 Å². The van der Waals surface area contributed by atoms with E-state index in [9.17, 15) is 0 Å². The van der Waals surface area contributed by atoms with Gasteiger partial charge in [0.1, 0.15) is 0 Å². The molecule has 2 heteroatoms. The van der Waals surface area contributed by atoms with Gasteiger partial charge in [-0.3, -0.25) is 0 Å². The van der Waals surface area contributed by atoms with Crippen LogP contribution in [0, 0.1) is 6.92 Å². The number of hydrogen-bond donors (Lipinski definition) is 0. The Morgan fingerprint density at radius 3 is 2.14 bits per heavy atom. The van der Waals surface area contributed by atoms with E-state index in [-0.39, 0.29) is 5.41 Å². The summed E-state index contributed by atoms with van der Waals surface area (Å²) in [5, 5.41) is 0. The Kier molecular flexibility index (Phi) is 4.49. The molecule has 2 aliphatic heterocycles. The zero-order valence-electron chi connectivity index (χ0n) is 14.9. The smallest absolute Gasteiger partial charge is 0.0396 e. The molecule has 0 radical (unpaired) electrons. The molecule has 0 unspecified atom stereocenters. The van der Waals surface area contributed by atoms with Crippen LogP contribution in [-0.2, 0) is 5.41 Å². The SMILES string of the molecule is Cc1cc(C(C)(C)C)ccc1N1CCC(N2CCCC2)CC1. The molecule has 1 aromatic rings. The van der Waals surface area contributed by atoms with E-state index < -0.39 is 0 Å². The summed E-state index contributed by atoms with van der Waals surface area (Å²) in [6, 6.07) is 7.91. The number of rotatable bonds is 2. The molecule has 0 aliphatic carbocycles. The van der Waals surface area contributed by atoms with E-state index in [1.807, 2.05) is 0 Å². The lowest BCUT2D eigenvalue weighted by molar-refractivity contribution is 0.208. The summed E-state index contributed by atoms with van der Waals surface area (Å²) >= 11 is 0. The standard InChI is InChI=1S/C20H32N2/c1-16-15-17(20(2,3)4)7-8-19(16)22-13-9-18(10-14-22)21-11-5-6-12-21/h7-8,15,18H,5-6,9-14H2,1-4H3. The van der Waals surface area contributed by atoms with Crippen LogP contribution in [0.2, 0.25) is 0 Å². The Bertz CT molecular complexity index is 501. The molecule has 2 fully saturated rings. The molecule has 0 spiro atoms. The predicted octanol–water partition coefficient (Wildman–Crippen LogP) is 4.36.